The number of nitrogens with one attached hydrogen (secondary N) is 1. The average molecular weight is 170 g/mol. The Labute approximate surface area is 74.1 Å². The first kappa shape index (κ1) is 8.48. The van der Waals surface area contributed by atoms with Crippen LogP contribution in [-0.4, -0.2) is 50.3 Å². The molecule has 2 rings (SSSR count). The van der Waals surface area contributed by atoms with Gasteiger partial charge < -0.3 is 15.0 Å². The van der Waals surface area contributed by atoms with Gasteiger partial charge in [0.15, 0.2) is 0 Å². The van der Waals surface area contributed by atoms with Crippen molar-refractivity contribution in [3.63, 3.8) is 0 Å². The third-order valence-electron chi connectivity index (χ3n) is 2.74. The minimum atomic E-state index is 0.562. The van der Waals surface area contributed by atoms with E-state index in [-0.39, 0.29) is 0 Å². The Kier molecular flexibility index (Phi) is 2.35. The molecule has 0 amide bonds. The highest BCUT2D eigenvalue weighted by atomic mass is 16.5. The lowest BCUT2D eigenvalue weighted by Crippen LogP contribution is -2.47. The van der Waals surface area contributed by atoms with E-state index in [1.54, 1.807) is 0 Å². The summed E-state index contributed by atoms with van der Waals surface area (Å²) >= 11 is 0. The van der Waals surface area contributed by atoms with Crippen LogP contribution in [0.5, 0.6) is 0 Å². The third-order valence-corrected chi connectivity index (χ3v) is 2.74. The molecule has 1 heterocycles. The normalized spacial score (nSPS) is 36.2. The lowest BCUT2D eigenvalue weighted by molar-refractivity contribution is 0.169. The number of likely N-dealkylation sites (N-methyl/N-ethyl adjacent to an activating group) is 1. The Bertz CT molecular complexity index is 157. The van der Waals surface area contributed by atoms with Gasteiger partial charge in [0.1, 0.15) is 0 Å². The Hall–Kier alpha value is -0.120. The predicted octanol–water partition coefficient (Wildman–Crippen LogP) is 0.0674. The van der Waals surface area contributed by atoms with Crippen molar-refractivity contribution in [1.82, 2.24) is 10.2 Å². The summed E-state index contributed by atoms with van der Waals surface area (Å²) in [6.45, 7) is 1.77. The summed E-state index contributed by atoms with van der Waals surface area (Å²) in [5.41, 5.74) is 0. The largest absolute Gasteiger partial charge is 0.378 e. The van der Waals surface area contributed by atoms with Crippen LogP contribution in [0, 0.1) is 0 Å². The van der Waals surface area contributed by atoms with Crippen molar-refractivity contribution in [2.24, 2.45) is 0 Å². The topological polar surface area (TPSA) is 24.5 Å². The van der Waals surface area contributed by atoms with Crippen molar-refractivity contribution < 1.29 is 4.74 Å². The first-order valence-electron chi connectivity index (χ1n) is 4.77. The Morgan fingerprint density at radius 1 is 1.25 bits per heavy atom. The molecule has 2 fully saturated rings. The van der Waals surface area contributed by atoms with Gasteiger partial charge in [0.05, 0.1) is 19.3 Å². The molecule has 70 valence electrons. The van der Waals surface area contributed by atoms with Crippen LogP contribution in [-0.2, 0) is 4.74 Å². The van der Waals surface area contributed by atoms with Crippen molar-refractivity contribution in [3.05, 3.63) is 0 Å². The van der Waals surface area contributed by atoms with Crippen LogP contribution >= 0.6 is 0 Å². The standard InChI is InChI=1S/C9H18N2O/c1-11(2)9-6-12-5-8(9)10-7-3-4-7/h7-10H,3-6H2,1-2H3/t8-,9+/m1/s1. The summed E-state index contributed by atoms with van der Waals surface area (Å²) in [6, 6.07) is 1.93. The number of nitrogens with zero attached hydrogens (tertiary/aromatic N) is 1. The van der Waals surface area contributed by atoms with E-state index in [9.17, 15) is 0 Å². The van der Waals surface area contributed by atoms with E-state index in [4.69, 9.17) is 4.74 Å². The maximum atomic E-state index is 5.46. The van der Waals surface area contributed by atoms with Gasteiger partial charge in [0.25, 0.3) is 0 Å². The third kappa shape index (κ3) is 1.79. The second-order valence-corrected chi connectivity index (χ2v) is 4.12. The summed E-state index contributed by atoms with van der Waals surface area (Å²) in [4.78, 5) is 2.26. The smallest absolute Gasteiger partial charge is 0.0638 e. The fraction of sp³-hybridized carbons (Fsp3) is 1.00. The van der Waals surface area contributed by atoms with Gasteiger partial charge in [-0.15, -0.1) is 0 Å². The highest BCUT2D eigenvalue weighted by Crippen LogP contribution is 2.22. The summed E-state index contributed by atoms with van der Waals surface area (Å²) < 4.78 is 5.46. The molecule has 0 aromatic rings. The van der Waals surface area contributed by atoms with E-state index in [1.165, 1.54) is 12.8 Å². The molecule has 1 N–H and O–H groups in total. The average Bonchev–Trinajstić information content (AvgIpc) is 2.66. The summed E-state index contributed by atoms with van der Waals surface area (Å²) in [6.07, 6.45) is 2.72. The predicted molar refractivity (Wildman–Crippen MR) is 48.2 cm³/mol. The maximum Gasteiger partial charge on any atom is 0.0638 e. The van der Waals surface area contributed by atoms with Crippen LogP contribution in [0.3, 0.4) is 0 Å². The van der Waals surface area contributed by atoms with Gasteiger partial charge in [-0.2, -0.15) is 0 Å². The van der Waals surface area contributed by atoms with Gasteiger partial charge in [0.2, 0.25) is 0 Å². The molecule has 2 aliphatic rings. The van der Waals surface area contributed by atoms with Crippen LogP contribution in [0.1, 0.15) is 12.8 Å². The number of hydrogen-bond acceptors (Lipinski definition) is 3. The van der Waals surface area contributed by atoms with E-state index in [0.29, 0.717) is 12.1 Å². The molecule has 0 spiro atoms. The quantitative estimate of drug-likeness (QED) is 0.648. The van der Waals surface area contributed by atoms with Crippen LogP contribution in [0.4, 0.5) is 0 Å². The molecule has 0 radical (unpaired) electrons. The molecule has 0 aromatic heterocycles. The molecule has 3 nitrogen and oxygen atoms in total. The monoisotopic (exact) mass is 170 g/mol. The maximum absolute atomic E-state index is 5.46. The zero-order valence-corrected chi connectivity index (χ0v) is 7.92. The van der Waals surface area contributed by atoms with Crippen molar-refractivity contribution in [2.75, 3.05) is 27.3 Å². The molecular weight excluding hydrogens is 152 g/mol. The number of rotatable bonds is 3. The van der Waals surface area contributed by atoms with Gasteiger partial charge in [0, 0.05) is 12.1 Å². The van der Waals surface area contributed by atoms with Gasteiger partial charge in [-0.05, 0) is 26.9 Å². The highest BCUT2D eigenvalue weighted by molar-refractivity contribution is 4.93. The summed E-state index contributed by atoms with van der Waals surface area (Å²) in [5, 5.41) is 3.62. The molecule has 12 heavy (non-hydrogen) atoms. The SMILES string of the molecule is CN(C)[C@H]1COC[C@H]1NC1CC1. The van der Waals surface area contributed by atoms with Crippen LogP contribution in [0.25, 0.3) is 0 Å². The fourth-order valence-electron chi connectivity index (χ4n) is 1.76. The molecule has 3 heteroatoms. The van der Waals surface area contributed by atoms with E-state index in [2.05, 4.69) is 24.3 Å². The first-order valence-corrected chi connectivity index (χ1v) is 4.77. The summed E-state index contributed by atoms with van der Waals surface area (Å²) in [5.74, 6) is 0. The molecule has 0 aromatic carbocycles. The molecule has 0 unspecified atom stereocenters. The van der Waals surface area contributed by atoms with E-state index in [1.807, 2.05) is 0 Å². The van der Waals surface area contributed by atoms with Gasteiger partial charge in [-0.3, -0.25) is 0 Å². The zero-order chi connectivity index (χ0) is 8.55. The Balaban J connectivity index is 1.84. The summed E-state index contributed by atoms with van der Waals surface area (Å²) in [7, 11) is 4.25. The van der Waals surface area contributed by atoms with Crippen LogP contribution in [0.2, 0.25) is 0 Å². The van der Waals surface area contributed by atoms with Gasteiger partial charge in [-0.25, -0.2) is 0 Å². The lowest BCUT2D eigenvalue weighted by atomic mass is 10.1. The van der Waals surface area contributed by atoms with Crippen molar-refractivity contribution >= 4 is 0 Å². The molecule has 0 bridgehead atoms. The highest BCUT2D eigenvalue weighted by Gasteiger charge is 2.34. The second-order valence-electron chi connectivity index (χ2n) is 4.12. The number of hydrogen-bond donors (Lipinski definition) is 1. The Morgan fingerprint density at radius 3 is 2.58 bits per heavy atom. The van der Waals surface area contributed by atoms with Crippen LogP contribution in [0.15, 0.2) is 0 Å². The second kappa shape index (κ2) is 3.32. The van der Waals surface area contributed by atoms with Crippen LogP contribution < -0.4 is 5.32 Å². The first-order chi connectivity index (χ1) is 5.77. The minimum absolute atomic E-state index is 0.562. The van der Waals surface area contributed by atoms with Gasteiger partial charge >= 0.3 is 0 Å². The zero-order valence-electron chi connectivity index (χ0n) is 7.92. The van der Waals surface area contributed by atoms with Gasteiger partial charge in [-0.1, -0.05) is 0 Å². The minimum Gasteiger partial charge on any atom is -0.378 e. The molecule has 1 aliphatic heterocycles. The fourth-order valence-corrected chi connectivity index (χ4v) is 1.76. The van der Waals surface area contributed by atoms with E-state index >= 15 is 0 Å². The van der Waals surface area contributed by atoms with E-state index < -0.39 is 0 Å². The van der Waals surface area contributed by atoms with E-state index in [0.717, 1.165) is 19.3 Å². The van der Waals surface area contributed by atoms with Crippen molar-refractivity contribution in [1.29, 1.82) is 0 Å². The number of ether oxygens (including phenoxy) is 1. The molecular formula is C9H18N2O. The Morgan fingerprint density at radius 2 is 2.00 bits per heavy atom. The molecule has 1 saturated heterocycles. The van der Waals surface area contributed by atoms with Crippen molar-refractivity contribution in [3.8, 4) is 0 Å². The molecule has 2 atom stereocenters. The van der Waals surface area contributed by atoms with Crippen molar-refractivity contribution in [2.45, 2.75) is 31.0 Å². The molecule has 1 saturated carbocycles. The molecule has 1 aliphatic carbocycles. The lowest BCUT2D eigenvalue weighted by Gasteiger charge is -2.24.